The lowest BCUT2D eigenvalue weighted by Crippen LogP contribution is -2.10. The molecule has 282 valence electrons. The zero-order valence-corrected chi connectivity index (χ0v) is 32.9. The molecule has 2 nitrogen and oxygen atoms in total. The molecule has 0 aliphatic rings. The number of anilines is 3. The summed E-state index contributed by atoms with van der Waals surface area (Å²) >= 11 is 0. The van der Waals surface area contributed by atoms with E-state index in [2.05, 4.69) is 229 Å². The predicted molar refractivity (Wildman–Crippen MR) is 253 cm³/mol. The second kappa shape index (κ2) is 15.1. The van der Waals surface area contributed by atoms with E-state index in [4.69, 9.17) is 4.42 Å². The number of hydrogen-bond acceptors (Lipinski definition) is 2. The van der Waals surface area contributed by atoms with E-state index in [1.165, 1.54) is 60.8 Å². The molecular weight excluding hydrogens is 727 g/mol. The largest absolute Gasteiger partial charge is 0.456 e. The molecule has 1 heterocycles. The summed E-state index contributed by atoms with van der Waals surface area (Å²) in [6, 6.07) is 84.8. The summed E-state index contributed by atoms with van der Waals surface area (Å²) in [6.45, 7) is 0. The second-order valence-corrected chi connectivity index (χ2v) is 15.2. The number of hydrogen-bond donors (Lipinski definition) is 0. The molecule has 0 bridgehead atoms. The number of benzene rings is 10. The van der Waals surface area contributed by atoms with Crippen molar-refractivity contribution >= 4 is 49.8 Å². The Balaban J connectivity index is 1.08. The van der Waals surface area contributed by atoms with Gasteiger partial charge in [0, 0.05) is 16.8 Å². The molecule has 0 N–H and O–H groups in total. The molecule has 0 radical (unpaired) electrons. The summed E-state index contributed by atoms with van der Waals surface area (Å²) < 4.78 is 6.43. The fourth-order valence-electron chi connectivity index (χ4n) is 8.94. The summed E-state index contributed by atoms with van der Waals surface area (Å²) in [5, 5.41) is 4.67. The first kappa shape index (κ1) is 35.2. The fourth-order valence-corrected chi connectivity index (χ4v) is 8.94. The minimum absolute atomic E-state index is 0.863. The first-order valence-corrected chi connectivity index (χ1v) is 20.5. The molecule has 0 unspecified atom stereocenters. The Morgan fingerprint density at radius 2 is 0.733 bits per heavy atom. The lowest BCUT2D eigenvalue weighted by atomic mass is 9.84. The van der Waals surface area contributed by atoms with Gasteiger partial charge in [-0.1, -0.05) is 194 Å². The maximum atomic E-state index is 6.43. The molecule has 2 heteroatoms. The SMILES string of the molecule is c1ccc(-c2ccccc2-c2c(-c3ccccc3)cccc2-c2ccc(N(c3ccc(-c4cccc5ccccc45)cc3)c3cccc4oc5ccccc5c34)cc2)cc1. The summed E-state index contributed by atoms with van der Waals surface area (Å²) in [4.78, 5) is 2.37. The number of para-hydroxylation sites is 1. The van der Waals surface area contributed by atoms with E-state index in [1.807, 2.05) is 12.1 Å². The van der Waals surface area contributed by atoms with E-state index < -0.39 is 0 Å². The number of fused-ring (bicyclic) bond motifs is 4. The van der Waals surface area contributed by atoms with Crippen molar-refractivity contribution in [2.75, 3.05) is 4.90 Å². The van der Waals surface area contributed by atoms with Gasteiger partial charge in [-0.25, -0.2) is 0 Å². The third kappa shape index (κ3) is 6.23. The number of nitrogens with zero attached hydrogens (tertiary/aromatic N) is 1. The van der Waals surface area contributed by atoms with Gasteiger partial charge in [-0.2, -0.15) is 0 Å². The Morgan fingerprint density at radius 3 is 1.43 bits per heavy atom. The molecule has 0 fully saturated rings. The minimum atomic E-state index is 0.863. The summed E-state index contributed by atoms with van der Waals surface area (Å²) in [5.41, 5.74) is 16.9. The summed E-state index contributed by atoms with van der Waals surface area (Å²) in [6.07, 6.45) is 0. The molecule has 0 aliphatic carbocycles. The average molecular weight is 766 g/mol. The van der Waals surface area contributed by atoms with Gasteiger partial charge in [-0.05, 0) is 109 Å². The van der Waals surface area contributed by atoms with Crippen LogP contribution in [-0.4, -0.2) is 0 Å². The highest BCUT2D eigenvalue weighted by Crippen LogP contribution is 2.47. The molecule has 60 heavy (non-hydrogen) atoms. The van der Waals surface area contributed by atoms with Crippen LogP contribution in [0.5, 0.6) is 0 Å². The summed E-state index contributed by atoms with van der Waals surface area (Å²) in [5.74, 6) is 0. The first-order valence-electron chi connectivity index (χ1n) is 20.5. The van der Waals surface area contributed by atoms with E-state index >= 15 is 0 Å². The van der Waals surface area contributed by atoms with Crippen LogP contribution in [0.1, 0.15) is 0 Å². The zero-order chi connectivity index (χ0) is 39.8. The number of furan rings is 1. The monoisotopic (exact) mass is 765 g/mol. The molecule has 11 aromatic rings. The second-order valence-electron chi connectivity index (χ2n) is 15.2. The molecular formula is C58H39NO. The van der Waals surface area contributed by atoms with Gasteiger partial charge in [0.2, 0.25) is 0 Å². The van der Waals surface area contributed by atoms with Gasteiger partial charge in [0.25, 0.3) is 0 Å². The highest BCUT2D eigenvalue weighted by atomic mass is 16.3. The van der Waals surface area contributed by atoms with Crippen molar-refractivity contribution in [1.82, 2.24) is 0 Å². The van der Waals surface area contributed by atoms with Crippen LogP contribution in [0, 0.1) is 0 Å². The van der Waals surface area contributed by atoms with Crippen molar-refractivity contribution in [2.24, 2.45) is 0 Å². The smallest absolute Gasteiger partial charge is 0.137 e. The van der Waals surface area contributed by atoms with Crippen molar-refractivity contribution in [2.45, 2.75) is 0 Å². The van der Waals surface area contributed by atoms with Crippen molar-refractivity contribution in [1.29, 1.82) is 0 Å². The number of rotatable bonds is 8. The quantitative estimate of drug-likeness (QED) is 0.153. The Bertz CT molecular complexity index is 3290. The van der Waals surface area contributed by atoms with Crippen LogP contribution in [-0.2, 0) is 0 Å². The molecule has 0 atom stereocenters. The van der Waals surface area contributed by atoms with E-state index in [0.717, 1.165) is 44.6 Å². The minimum Gasteiger partial charge on any atom is -0.456 e. The van der Waals surface area contributed by atoms with Crippen LogP contribution in [0.25, 0.3) is 88.3 Å². The molecule has 11 rings (SSSR count). The van der Waals surface area contributed by atoms with Crippen molar-refractivity contribution in [3.63, 3.8) is 0 Å². The Morgan fingerprint density at radius 1 is 0.283 bits per heavy atom. The van der Waals surface area contributed by atoms with Crippen molar-refractivity contribution < 1.29 is 4.42 Å². The van der Waals surface area contributed by atoms with Gasteiger partial charge >= 0.3 is 0 Å². The van der Waals surface area contributed by atoms with Crippen LogP contribution in [0.4, 0.5) is 17.1 Å². The lowest BCUT2D eigenvalue weighted by molar-refractivity contribution is 0.669. The molecule has 0 aliphatic heterocycles. The van der Waals surface area contributed by atoms with E-state index in [0.29, 0.717) is 0 Å². The van der Waals surface area contributed by atoms with Gasteiger partial charge in [-0.15, -0.1) is 0 Å². The normalized spacial score (nSPS) is 11.3. The maximum Gasteiger partial charge on any atom is 0.137 e. The molecule has 10 aromatic carbocycles. The van der Waals surface area contributed by atoms with Crippen molar-refractivity contribution in [3.8, 4) is 55.6 Å². The molecule has 0 saturated carbocycles. The van der Waals surface area contributed by atoms with Crippen molar-refractivity contribution in [3.05, 3.63) is 237 Å². The predicted octanol–water partition coefficient (Wildman–Crippen LogP) is 16.5. The van der Waals surface area contributed by atoms with Crippen LogP contribution in [0.2, 0.25) is 0 Å². The fraction of sp³-hybridized carbons (Fsp3) is 0. The summed E-state index contributed by atoms with van der Waals surface area (Å²) in [7, 11) is 0. The third-order valence-corrected chi connectivity index (χ3v) is 11.7. The molecule has 0 amide bonds. The Kier molecular flexibility index (Phi) is 8.87. The first-order chi connectivity index (χ1) is 29.8. The Labute approximate surface area is 349 Å². The topological polar surface area (TPSA) is 16.4 Å². The van der Waals surface area contributed by atoms with E-state index in [9.17, 15) is 0 Å². The highest BCUT2D eigenvalue weighted by Gasteiger charge is 2.21. The van der Waals surface area contributed by atoms with Crippen LogP contribution in [0.3, 0.4) is 0 Å². The third-order valence-electron chi connectivity index (χ3n) is 11.7. The van der Waals surface area contributed by atoms with Crippen LogP contribution < -0.4 is 4.90 Å². The highest BCUT2D eigenvalue weighted by molar-refractivity contribution is 6.13. The standard InChI is InChI=1S/C58H39NO/c1-3-16-40(17-4-1)49-23-9-10-24-52(49)57-50(42-18-5-2-6-19-42)27-14-28-51(57)44-34-38-46(39-35-44)59(54-29-15-31-56-58(54)53-25-11-12-30-55(53)60-56)45-36-32-43(33-37-45)48-26-13-21-41-20-7-8-22-47(41)48/h1-39H. The van der Waals surface area contributed by atoms with Gasteiger partial charge in [0.05, 0.1) is 11.1 Å². The molecule has 1 aromatic heterocycles. The van der Waals surface area contributed by atoms with Crippen LogP contribution in [0.15, 0.2) is 241 Å². The molecule has 0 saturated heterocycles. The van der Waals surface area contributed by atoms with E-state index in [-0.39, 0.29) is 0 Å². The van der Waals surface area contributed by atoms with Gasteiger partial charge in [0.1, 0.15) is 11.2 Å². The van der Waals surface area contributed by atoms with Crippen LogP contribution >= 0.6 is 0 Å². The molecule has 0 spiro atoms. The zero-order valence-electron chi connectivity index (χ0n) is 32.9. The maximum absolute atomic E-state index is 6.43. The van der Waals surface area contributed by atoms with Gasteiger partial charge in [0.15, 0.2) is 0 Å². The van der Waals surface area contributed by atoms with Gasteiger partial charge < -0.3 is 9.32 Å². The Hall–Kier alpha value is -7.94. The lowest BCUT2D eigenvalue weighted by Gasteiger charge is -2.27. The van der Waals surface area contributed by atoms with Gasteiger partial charge in [-0.3, -0.25) is 0 Å². The van der Waals surface area contributed by atoms with E-state index in [1.54, 1.807) is 0 Å². The average Bonchev–Trinajstić information content (AvgIpc) is 3.72.